The number of rotatable bonds is 0. The lowest BCUT2D eigenvalue weighted by atomic mass is 10.2. The molecule has 0 radical (unpaired) electrons. The lowest BCUT2D eigenvalue weighted by molar-refractivity contribution is 1.41. The average molecular weight is 367 g/mol. The first-order valence-corrected chi connectivity index (χ1v) is 7.83. The van der Waals surface area contributed by atoms with Gasteiger partial charge in [-0.25, -0.2) is 0 Å². The van der Waals surface area contributed by atoms with Gasteiger partial charge in [0.05, 0.1) is 11.0 Å². The molecule has 0 fully saturated rings. The molecule has 0 bridgehead atoms. The minimum absolute atomic E-state index is 0.746. The number of hydrogen-bond donors (Lipinski definition) is 2. The summed E-state index contributed by atoms with van der Waals surface area (Å²) in [5.41, 5.74) is 14.8. The van der Waals surface area contributed by atoms with Crippen LogP contribution in [0, 0.1) is 0 Å². The van der Waals surface area contributed by atoms with Gasteiger partial charge in [-0.2, -0.15) is 0 Å². The van der Waals surface area contributed by atoms with E-state index in [1.165, 1.54) is 0 Å². The van der Waals surface area contributed by atoms with Crippen LogP contribution in [0.2, 0.25) is 0 Å². The number of hydrogen-bond acceptors (Lipinski definition) is 4. The zero-order chi connectivity index (χ0) is 16.2. The molecule has 0 amide bonds. The van der Waals surface area contributed by atoms with Crippen molar-refractivity contribution in [2.75, 3.05) is 11.5 Å². The van der Waals surface area contributed by atoms with E-state index in [1.807, 2.05) is 54.6 Å². The van der Waals surface area contributed by atoms with Crippen LogP contribution in [0.4, 0.5) is 11.4 Å². The average Bonchev–Trinajstić information content (AvgIpc) is 2.59. The lowest BCUT2D eigenvalue weighted by Gasteiger charge is -2.01. The van der Waals surface area contributed by atoms with E-state index in [4.69, 9.17) is 11.5 Å². The van der Waals surface area contributed by atoms with Crippen LogP contribution < -0.4 is 11.5 Å². The van der Waals surface area contributed by atoms with Crippen LogP contribution in [0.25, 0.3) is 21.8 Å². The number of fused-ring (bicyclic) bond motifs is 2. The Balaban J connectivity index is 0.000000136. The molecular formula is C18H15BrN4. The van der Waals surface area contributed by atoms with Crippen molar-refractivity contribution in [1.29, 1.82) is 0 Å². The first kappa shape index (κ1) is 15.2. The first-order valence-electron chi connectivity index (χ1n) is 7.04. The molecule has 2 aromatic carbocycles. The van der Waals surface area contributed by atoms with Crippen molar-refractivity contribution in [3.05, 3.63) is 71.5 Å². The Morgan fingerprint density at radius 1 is 0.783 bits per heavy atom. The molecule has 2 aromatic heterocycles. The van der Waals surface area contributed by atoms with E-state index in [1.54, 1.807) is 12.4 Å². The molecule has 0 unspecified atom stereocenters. The van der Waals surface area contributed by atoms with Gasteiger partial charge < -0.3 is 11.5 Å². The second-order valence-electron chi connectivity index (χ2n) is 4.99. The SMILES string of the molecule is Nc1ccc2ncccc2c1.Nc1ccc2ncccc2c1Br. The zero-order valence-electron chi connectivity index (χ0n) is 12.3. The van der Waals surface area contributed by atoms with Crippen LogP contribution in [-0.2, 0) is 0 Å². The Morgan fingerprint density at radius 2 is 1.48 bits per heavy atom. The fraction of sp³-hybridized carbons (Fsp3) is 0. The maximum absolute atomic E-state index is 5.71. The summed E-state index contributed by atoms with van der Waals surface area (Å²) in [6.07, 6.45) is 3.55. The number of nitrogens with zero attached hydrogens (tertiary/aromatic N) is 2. The Bertz CT molecular complexity index is 969. The van der Waals surface area contributed by atoms with Gasteiger partial charge in [-0.05, 0) is 58.4 Å². The van der Waals surface area contributed by atoms with Crippen molar-refractivity contribution >= 4 is 49.1 Å². The summed E-state index contributed by atoms with van der Waals surface area (Å²) in [7, 11) is 0. The number of aromatic nitrogens is 2. The van der Waals surface area contributed by atoms with Gasteiger partial charge in [-0.3, -0.25) is 9.97 Å². The third kappa shape index (κ3) is 3.40. The van der Waals surface area contributed by atoms with Gasteiger partial charge in [-0.1, -0.05) is 12.1 Å². The standard InChI is InChI=1S/C9H7BrN2.C9H8N2/c10-9-6-2-1-5-12-8(6)4-3-7(9)11;10-8-3-4-9-7(6-8)2-1-5-11-9/h1-5H,11H2;1-6H,10H2. The van der Waals surface area contributed by atoms with Crippen LogP contribution in [0.5, 0.6) is 0 Å². The van der Waals surface area contributed by atoms with Crippen LogP contribution in [0.15, 0.2) is 71.5 Å². The minimum Gasteiger partial charge on any atom is -0.399 e. The molecule has 4 nitrogen and oxygen atoms in total. The van der Waals surface area contributed by atoms with E-state index in [2.05, 4.69) is 25.9 Å². The van der Waals surface area contributed by atoms with Crippen molar-refractivity contribution in [1.82, 2.24) is 9.97 Å². The maximum Gasteiger partial charge on any atom is 0.0714 e. The smallest absolute Gasteiger partial charge is 0.0714 e. The van der Waals surface area contributed by atoms with Gasteiger partial charge in [0.25, 0.3) is 0 Å². The molecule has 23 heavy (non-hydrogen) atoms. The highest BCUT2D eigenvalue weighted by atomic mass is 79.9. The Kier molecular flexibility index (Phi) is 4.39. The maximum atomic E-state index is 5.71. The quantitative estimate of drug-likeness (QED) is 0.452. The van der Waals surface area contributed by atoms with Crippen molar-refractivity contribution in [2.24, 2.45) is 0 Å². The summed E-state index contributed by atoms with van der Waals surface area (Å²) in [5, 5.41) is 2.14. The number of halogens is 1. The number of pyridine rings is 2. The molecule has 0 saturated carbocycles. The highest BCUT2D eigenvalue weighted by molar-refractivity contribution is 9.10. The summed E-state index contributed by atoms with van der Waals surface area (Å²) >= 11 is 3.42. The second-order valence-corrected chi connectivity index (χ2v) is 5.79. The van der Waals surface area contributed by atoms with E-state index in [9.17, 15) is 0 Å². The van der Waals surface area contributed by atoms with Gasteiger partial charge in [-0.15, -0.1) is 0 Å². The van der Waals surface area contributed by atoms with Gasteiger partial charge in [0.1, 0.15) is 0 Å². The molecule has 2 heterocycles. The minimum atomic E-state index is 0.746. The molecule has 0 atom stereocenters. The van der Waals surface area contributed by atoms with Gasteiger partial charge in [0.2, 0.25) is 0 Å². The Labute approximate surface area is 142 Å². The predicted octanol–water partition coefficient (Wildman–Crippen LogP) is 4.40. The van der Waals surface area contributed by atoms with Crippen molar-refractivity contribution < 1.29 is 0 Å². The number of benzene rings is 2. The molecule has 4 aromatic rings. The monoisotopic (exact) mass is 366 g/mol. The summed E-state index contributed by atoms with van der Waals surface area (Å²) in [4.78, 5) is 8.36. The van der Waals surface area contributed by atoms with Gasteiger partial charge >= 0.3 is 0 Å². The first-order chi connectivity index (χ1) is 11.1. The number of anilines is 2. The molecule has 4 rings (SSSR count). The molecule has 0 saturated heterocycles. The molecular weight excluding hydrogens is 352 g/mol. The van der Waals surface area contributed by atoms with Crippen LogP contribution in [-0.4, -0.2) is 9.97 Å². The molecule has 5 heteroatoms. The van der Waals surface area contributed by atoms with Gasteiger partial charge in [0.15, 0.2) is 0 Å². The van der Waals surface area contributed by atoms with Crippen molar-refractivity contribution in [3.63, 3.8) is 0 Å². The largest absolute Gasteiger partial charge is 0.399 e. The molecule has 0 spiro atoms. The molecule has 0 aliphatic rings. The Hall–Kier alpha value is -2.66. The fourth-order valence-corrected chi connectivity index (χ4v) is 2.69. The van der Waals surface area contributed by atoms with E-state index in [0.717, 1.165) is 37.7 Å². The summed E-state index contributed by atoms with van der Waals surface area (Å²) < 4.78 is 0.924. The van der Waals surface area contributed by atoms with Crippen molar-refractivity contribution in [3.8, 4) is 0 Å². The lowest BCUT2D eigenvalue weighted by Crippen LogP contribution is -1.87. The highest BCUT2D eigenvalue weighted by Crippen LogP contribution is 2.27. The van der Waals surface area contributed by atoms with E-state index in [-0.39, 0.29) is 0 Å². The fourth-order valence-electron chi connectivity index (χ4n) is 2.23. The van der Waals surface area contributed by atoms with Crippen LogP contribution >= 0.6 is 15.9 Å². The topological polar surface area (TPSA) is 77.8 Å². The van der Waals surface area contributed by atoms with E-state index in [0.29, 0.717) is 0 Å². The molecule has 0 aliphatic heterocycles. The highest BCUT2D eigenvalue weighted by Gasteiger charge is 2.00. The summed E-state index contributed by atoms with van der Waals surface area (Å²) in [5.74, 6) is 0. The number of nitrogens with two attached hydrogens (primary N) is 2. The zero-order valence-corrected chi connectivity index (χ0v) is 13.9. The third-order valence-electron chi connectivity index (χ3n) is 3.38. The normalized spacial score (nSPS) is 10.3. The van der Waals surface area contributed by atoms with Crippen LogP contribution in [0.1, 0.15) is 0 Å². The van der Waals surface area contributed by atoms with Gasteiger partial charge in [0, 0.05) is 39.0 Å². The van der Waals surface area contributed by atoms with Crippen molar-refractivity contribution in [2.45, 2.75) is 0 Å². The molecule has 0 aliphatic carbocycles. The summed E-state index contributed by atoms with van der Waals surface area (Å²) in [6, 6.07) is 17.2. The number of nitrogen functional groups attached to an aromatic ring is 2. The summed E-state index contributed by atoms with van der Waals surface area (Å²) in [6.45, 7) is 0. The third-order valence-corrected chi connectivity index (χ3v) is 4.26. The van der Waals surface area contributed by atoms with Crippen LogP contribution in [0.3, 0.4) is 0 Å². The second kappa shape index (κ2) is 6.62. The molecule has 114 valence electrons. The molecule has 4 N–H and O–H groups in total. The van der Waals surface area contributed by atoms with E-state index < -0.39 is 0 Å². The Morgan fingerprint density at radius 3 is 2.30 bits per heavy atom. The van der Waals surface area contributed by atoms with E-state index >= 15 is 0 Å². The predicted molar refractivity (Wildman–Crippen MR) is 100 cm³/mol.